The van der Waals surface area contributed by atoms with Crippen LogP contribution in [0.5, 0.6) is 0 Å². The number of nitrogens with zero attached hydrogens (tertiary/aromatic N) is 2. The van der Waals surface area contributed by atoms with Crippen molar-refractivity contribution in [3.8, 4) is 0 Å². The van der Waals surface area contributed by atoms with Gasteiger partial charge in [0.15, 0.2) is 0 Å². The third kappa shape index (κ3) is 4.24. The molecule has 2 nitrogen and oxygen atoms in total. The van der Waals surface area contributed by atoms with Gasteiger partial charge in [-0.15, -0.1) is 0 Å². The van der Waals surface area contributed by atoms with E-state index in [-0.39, 0.29) is 56.4 Å². The van der Waals surface area contributed by atoms with Crippen molar-refractivity contribution in [1.82, 2.24) is 4.98 Å². The summed E-state index contributed by atoms with van der Waals surface area (Å²) in [5.41, 5.74) is -0.777. The SMILES string of the molecule is CN(C)c1ncc([B-](F)(F)F)cc1Cl.[K+]. The van der Waals surface area contributed by atoms with E-state index in [4.69, 9.17) is 11.6 Å². The second-order valence-electron chi connectivity index (χ2n) is 3.04. The van der Waals surface area contributed by atoms with E-state index in [1.807, 2.05) is 0 Å². The van der Waals surface area contributed by atoms with Gasteiger partial charge >= 0.3 is 58.4 Å². The van der Waals surface area contributed by atoms with Crippen LogP contribution in [0, 0.1) is 0 Å². The molecule has 1 rings (SSSR count). The zero-order valence-corrected chi connectivity index (χ0v) is 12.5. The molecule has 0 N–H and O–H groups in total. The van der Waals surface area contributed by atoms with Crippen LogP contribution < -0.4 is 61.7 Å². The Balaban J connectivity index is 0.00000196. The topological polar surface area (TPSA) is 16.1 Å². The summed E-state index contributed by atoms with van der Waals surface area (Å²) in [4.78, 5) is 5.18. The van der Waals surface area contributed by atoms with Gasteiger partial charge in [0, 0.05) is 20.3 Å². The smallest absolute Gasteiger partial charge is 0.445 e. The molecule has 0 aliphatic carbocycles. The molecule has 0 atom stereocenters. The molecular formula is C7H8BClF3KN2. The summed E-state index contributed by atoms with van der Waals surface area (Å²) in [6.45, 7) is -5.03. The van der Waals surface area contributed by atoms with Crippen LogP contribution >= 0.6 is 11.6 Å². The van der Waals surface area contributed by atoms with Crippen molar-refractivity contribution in [2.45, 2.75) is 0 Å². The minimum absolute atomic E-state index is 0. The molecule has 0 spiro atoms. The Morgan fingerprint density at radius 2 is 1.87 bits per heavy atom. The summed E-state index contributed by atoms with van der Waals surface area (Å²) in [5, 5.41) is 0.00620. The van der Waals surface area contributed by atoms with Crippen LogP contribution in [0.15, 0.2) is 12.3 Å². The van der Waals surface area contributed by atoms with Gasteiger partial charge in [-0.05, 0) is 0 Å². The zero-order valence-electron chi connectivity index (χ0n) is 8.64. The Hall–Kier alpha value is 0.731. The standard InChI is InChI=1S/C7H8BClF3N2.K/c1-14(2)7-6(9)3-5(4-13-7)8(10,11)12;/h3-4H,1-2H3;/q-1;+1. The molecule has 78 valence electrons. The number of pyridine rings is 1. The molecular weight excluding hydrogens is 254 g/mol. The van der Waals surface area contributed by atoms with Crippen LogP contribution in [0.1, 0.15) is 0 Å². The zero-order chi connectivity index (χ0) is 10.9. The molecule has 1 heterocycles. The first kappa shape index (κ1) is 15.7. The van der Waals surface area contributed by atoms with Crippen molar-refractivity contribution in [2.75, 3.05) is 19.0 Å². The minimum Gasteiger partial charge on any atom is -0.445 e. The predicted molar refractivity (Wildman–Crippen MR) is 52.3 cm³/mol. The average Bonchev–Trinajstić information content (AvgIpc) is 2.01. The molecule has 0 unspecified atom stereocenters. The van der Waals surface area contributed by atoms with Gasteiger partial charge in [0.1, 0.15) is 5.82 Å². The van der Waals surface area contributed by atoms with E-state index < -0.39 is 12.4 Å². The van der Waals surface area contributed by atoms with Gasteiger partial charge < -0.3 is 17.8 Å². The molecule has 8 heteroatoms. The van der Waals surface area contributed by atoms with E-state index in [0.29, 0.717) is 5.82 Å². The van der Waals surface area contributed by atoms with E-state index in [2.05, 4.69) is 4.98 Å². The Morgan fingerprint density at radius 3 is 2.20 bits per heavy atom. The summed E-state index contributed by atoms with van der Waals surface area (Å²) >= 11 is 5.64. The monoisotopic (exact) mass is 262 g/mol. The second kappa shape index (κ2) is 5.88. The molecule has 0 amide bonds. The quantitative estimate of drug-likeness (QED) is 0.627. The van der Waals surface area contributed by atoms with Gasteiger partial charge in [-0.1, -0.05) is 23.1 Å². The van der Waals surface area contributed by atoms with E-state index in [9.17, 15) is 12.9 Å². The van der Waals surface area contributed by atoms with Crippen LogP contribution in [0.4, 0.5) is 18.8 Å². The van der Waals surface area contributed by atoms with Crippen molar-refractivity contribution >= 4 is 29.9 Å². The summed E-state index contributed by atoms with van der Waals surface area (Å²) in [6, 6.07) is 0.893. The van der Waals surface area contributed by atoms with Crippen LogP contribution in [0.25, 0.3) is 0 Å². The number of aromatic nitrogens is 1. The largest absolute Gasteiger partial charge is 1.00 e. The van der Waals surface area contributed by atoms with Gasteiger partial charge in [-0.2, -0.15) is 0 Å². The molecule has 0 bridgehead atoms. The van der Waals surface area contributed by atoms with Gasteiger partial charge in [0.05, 0.1) is 5.02 Å². The van der Waals surface area contributed by atoms with Gasteiger partial charge in [0.2, 0.25) is 0 Å². The van der Waals surface area contributed by atoms with Gasteiger partial charge in [-0.25, -0.2) is 4.98 Å². The molecule has 0 aliphatic heterocycles. The third-order valence-electron chi connectivity index (χ3n) is 1.64. The Bertz CT molecular complexity index is 345. The molecule has 15 heavy (non-hydrogen) atoms. The number of hydrogen-bond donors (Lipinski definition) is 0. The van der Waals surface area contributed by atoms with E-state index >= 15 is 0 Å². The Labute approximate surface area is 134 Å². The first-order valence-electron chi connectivity index (χ1n) is 3.85. The summed E-state index contributed by atoms with van der Waals surface area (Å²) in [6.07, 6.45) is 0.793. The van der Waals surface area contributed by atoms with Gasteiger partial charge in [0.25, 0.3) is 0 Å². The fourth-order valence-electron chi connectivity index (χ4n) is 0.954. The van der Waals surface area contributed by atoms with E-state index in [1.165, 1.54) is 0 Å². The van der Waals surface area contributed by atoms with Crippen LogP contribution in [-0.2, 0) is 0 Å². The van der Waals surface area contributed by atoms with E-state index in [0.717, 1.165) is 12.3 Å². The molecule has 0 radical (unpaired) electrons. The first-order valence-corrected chi connectivity index (χ1v) is 4.23. The van der Waals surface area contributed by atoms with Gasteiger partial charge in [-0.3, -0.25) is 0 Å². The maximum atomic E-state index is 12.3. The molecule has 0 aromatic carbocycles. The van der Waals surface area contributed by atoms with E-state index in [1.54, 1.807) is 19.0 Å². The van der Waals surface area contributed by atoms with Crippen molar-refractivity contribution < 1.29 is 64.3 Å². The summed E-state index contributed by atoms with van der Waals surface area (Å²) < 4.78 is 36.8. The Morgan fingerprint density at radius 1 is 1.33 bits per heavy atom. The molecule has 0 fully saturated rings. The molecule has 0 saturated heterocycles. The first-order chi connectivity index (χ1) is 6.32. The van der Waals surface area contributed by atoms with Crippen LogP contribution in [0.2, 0.25) is 5.02 Å². The third-order valence-corrected chi connectivity index (χ3v) is 1.92. The average molecular weight is 263 g/mol. The maximum Gasteiger partial charge on any atom is 1.00 e. The normalized spacial score (nSPS) is 10.8. The number of rotatable bonds is 2. The number of halogens is 4. The maximum absolute atomic E-state index is 12.3. The molecule has 1 aromatic rings. The van der Waals surface area contributed by atoms with Crippen LogP contribution in [0.3, 0.4) is 0 Å². The predicted octanol–water partition coefficient (Wildman–Crippen LogP) is -1.14. The minimum atomic E-state index is -5.03. The fraction of sp³-hybridized carbons (Fsp3) is 0.286. The van der Waals surface area contributed by atoms with Crippen LogP contribution in [-0.4, -0.2) is 26.1 Å². The molecule has 1 aromatic heterocycles. The summed E-state index contributed by atoms with van der Waals surface area (Å²) in [5.74, 6) is 0.329. The van der Waals surface area contributed by atoms with Crippen molar-refractivity contribution in [1.29, 1.82) is 0 Å². The number of anilines is 1. The summed E-state index contributed by atoms with van der Waals surface area (Å²) in [7, 11) is 3.32. The fourth-order valence-corrected chi connectivity index (χ4v) is 1.30. The van der Waals surface area contributed by atoms with Crippen molar-refractivity contribution in [3.05, 3.63) is 17.3 Å². The Kier molecular flexibility index (Phi) is 6.17. The number of hydrogen-bond acceptors (Lipinski definition) is 2. The second-order valence-corrected chi connectivity index (χ2v) is 3.45. The van der Waals surface area contributed by atoms with Crippen molar-refractivity contribution in [2.24, 2.45) is 0 Å². The molecule has 0 saturated carbocycles. The van der Waals surface area contributed by atoms with Crippen molar-refractivity contribution in [3.63, 3.8) is 0 Å². The molecule has 0 aliphatic rings.